The highest BCUT2D eigenvalue weighted by Crippen LogP contribution is 2.12. The first-order valence-electron chi connectivity index (χ1n) is 15.6. The summed E-state index contributed by atoms with van der Waals surface area (Å²) in [6.45, 7) is 14.9. The lowest BCUT2D eigenvalue weighted by atomic mass is 9.99. The van der Waals surface area contributed by atoms with Crippen molar-refractivity contribution in [3.05, 3.63) is 34.9 Å². The van der Waals surface area contributed by atoms with Crippen molar-refractivity contribution in [2.24, 2.45) is 11.8 Å². The van der Waals surface area contributed by atoms with E-state index in [9.17, 15) is 34.3 Å². The number of hydrogen-bond acceptors (Lipinski definition) is 7. The number of amides is 4. The predicted molar refractivity (Wildman–Crippen MR) is 180 cm³/mol. The Labute approximate surface area is 273 Å². The van der Waals surface area contributed by atoms with Gasteiger partial charge in [-0.05, 0) is 83.6 Å². The summed E-state index contributed by atoms with van der Waals surface area (Å²) < 4.78 is 0. The van der Waals surface area contributed by atoms with E-state index in [1.165, 1.54) is 22.9 Å². The number of aliphatic carboxylic acids is 1. The topological polar surface area (TPSA) is 165 Å². The van der Waals surface area contributed by atoms with Gasteiger partial charge in [0, 0.05) is 0 Å². The van der Waals surface area contributed by atoms with Crippen LogP contribution in [0.1, 0.15) is 93.9 Å². The average Bonchev–Trinajstić information content (AvgIpc) is 2.94. The molecule has 0 aliphatic heterocycles. The minimum absolute atomic E-state index is 0.0746. The van der Waals surface area contributed by atoms with Crippen molar-refractivity contribution >= 4 is 41.4 Å². The van der Waals surface area contributed by atoms with Crippen LogP contribution < -0.4 is 16.0 Å². The molecule has 0 bridgehead atoms. The van der Waals surface area contributed by atoms with Crippen molar-refractivity contribution in [2.75, 3.05) is 18.6 Å². The molecule has 11 nitrogen and oxygen atoms in total. The number of carboxylic acid groups (broad SMARTS) is 1. The summed E-state index contributed by atoms with van der Waals surface area (Å²) in [5.41, 5.74) is 3.62. The second kappa shape index (κ2) is 22.4. The standard InChI is InChI=1S/C33H56N4O7S/c1-21(2)12-10-13-24(7)14-11-15-25(8)16-18-37(44)28(39)20-27(38)35-29(22(3)4)32(41)36-30(23(5)6)31(40)34-26(33(42)43)17-19-45-9/h12,14,16,22-23,26,29-30,44H,10-11,13,15,17-20H2,1-9H3,(H,34,40)(H,35,38)(H,36,41)(H,42,43)/b24-14+,25-16+/t26-,29+,30+/m1/s1. The number of nitrogens with zero attached hydrogens (tertiary/aromatic N) is 1. The second-order valence-corrected chi connectivity index (χ2v) is 13.3. The van der Waals surface area contributed by atoms with Crippen LogP contribution in [0.25, 0.3) is 0 Å². The summed E-state index contributed by atoms with van der Waals surface area (Å²) in [5, 5.41) is 27.8. The molecule has 3 atom stereocenters. The molecule has 0 aliphatic carbocycles. The molecule has 4 amide bonds. The maximum atomic E-state index is 13.2. The number of hydroxylamine groups is 2. The number of hydrogen-bond donors (Lipinski definition) is 5. The van der Waals surface area contributed by atoms with Gasteiger partial charge in [-0.1, -0.05) is 62.6 Å². The van der Waals surface area contributed by atoms with Crippen LogP contribution in [0.5, 0.6) is 0 Å². The Morgan fingerprint density at radius 3 is 1.80 bits per heavy atom. The third kappa shape index (κ3) is 18.4. The maximum Gasteiger partial charge on any atom is 0.326 e. The Balaban J connectivity index is 5.10. The van der Waals surface area contributed by atoms with Gasteiger partial charge in [-0.15, -0.1) is 0 Å². The lowest BCUT2D eigenvalue weighted by Gasteiger charge is -2.28. The molecular formula is C33H56N4O7S. The lowest BCUT2D eigenvalue weighted by molar-refractivity contribution is -0.164. The van der Waals surface area contributed by atoms with Gasteiger partial charge < -0.3 is 21.1 Å². The van der Waals surface area contributed by atoms with E-state index in [0.717, 1.165) is 31.3 Å². The molecule has 45 heavy (non-hydrogen) atoms. The molecule has 256 valence electrons. The van der Waals surface area contributed by atoms with Crippen LogP contribution >= 0.6 is 11.8 Å². The molecule has 0 aromatic heterocycles. The quantitative estimate of drug-likeness (QED) is 0.0519. The number of carbonyl (C=O) groups excluding carboxylic acids is 4. The molecule has 0 aliphatic rings. The van der Waals surface area contributed by atoms with E-state index < -0.39 is 60.1 Å². The summed E-state index contributed by atoms with van der Waals surface area (Å²) in [6, 6.07) is -3.21. The van der Waals surface area contributed by atoms with Crippen LogP contribution in [-0.4, -0.2) is 81.7 Å². The summed E-state index contributed by atoms with van der Waals surface area (Å²) in [4.78, 5) is 62.8. The van der Waals surface area contributed by atoms with Gasteiger partial charge >= 0.3 is 5.97 Å². The van der Waals surface area contributed by atoms with Crippen LogP contribution in [-0.2, 0) is 24.0 Å². The Hall–Kier alpha value is -3.12. The molecule has 0 unspecified atom stereocenters. The zero-order chi connectivity index (χ0) is 34.7. The zero-order valence-electron chi connectivity index (χ0n) is 28.6. The van der Waals surface area contributed by atoms with E-state index in [2.05, 4.69) is 48.9 Å². The average molecular weight is 653 g/mol. The fourth-order valence-electron chi connectivity index (χ4n) is 4.20. The Kier molecular flexibility index (Phi) is 20.8. The fraction of sp³-hybridized carbons (Fsp3) is 0.667. The highest BCUT2D eigenvalue weighted by molar-refractivity contribution is 7.98. The second-order valence-electron chi connectivity index (χ2n) is 12.3. The van der Waals surface area contributed by atoms with Crippen LogP contribution in [0, 0.1) is 11.8 Å². The van der Waals surface area contributed by atoms with Gasteiger partial charge in [0.05, 0.1) is 6.54 Å². The lowest BCUT2D eigenvalue weighted by Crippen LogP contribution is -2.58. The molecule has 0 saturated heterocycles. The number of allylic oxidation sites excluding steroid dienone is 5. The molecule has 5 N–H and O–H groups in total. The fourth-order valence-corrected chi connectivity index (χ4v) is 4.68. The van der Waals surface area contributed by atoms with Gasteiger partial charge in [0.1, 0.15) is 24.5 Å². The number of rotatable bonds is 21. The molecule has 0 heterocycles. The van der Waals surface area contributed by atoms with Crippen LogP contribution in [0.3, 0.4) is 0 Å². The molecule has 0 rings (SSSR count). The van der Waals surface area contributed by atoms with Gasteiger partial charge in [-0.2, -0.15) is 11.8 Å². The summed E-state index contributed by atoms with van der Waals surface area (Å²) in [7, 11) is 0. The van der Waals surface area contributed by atoms with Crippen molar-refractivity contribution in [1.82, 2.24) is 21.0 Å². The van der Waals surface area contributed by atoms with Gasteiger partial charge in [0.15, 0.2) is 0 Å². The number of carboxylic acids is 1. The zero-order valence-corrected chi connectivity index (χ0v) is 29.4. The summed E-state index contributed by atoms with van der Waals surface area (Å²) in [6.07, 6.45) is 11.2. The van der Waals surface area contributed by atoms with E-state index in [1.54, 1.807) is 33.8 Å². The molecule has 0 aromatic rings. The smallest absolute Gasteiger partial charge is 0.326 e. The monoisotopic (exact) mass is 652 g/mol. The Morgan fingerprint density at radius 2 is 1.29 bits per heavy atom. The molecule has 0 saturated carbocycles. The highest BCUT2D eigenvalue weighted by Gasteiger charge is 2.32. The molecular weight excluding hydrogens is 596 g/mol. The van der Waals surface area contributed by atoms with E-state index in [0.29, 0.717) is 10.8 Å². The predicted octanol–water partition coefficient (Wildman–Crippen LogP) is 4.62. The van der Waals surface area contributed by atoms with Crippen molar-refractivity contribution in [1.29, 1.82) is 0 Å². The van der Waals surface area contributed by atoms with Crippen LogP contribution in [0.15, 0.2) is 34.9 Å². The van der Waals surface area contributed by atoms with Gasteiger partial charge in [-0.3, -0.25) is 24.4 Å². The Bertz CT molecular complexity index is 1080. The Morgan fingerprint density at radius 1 is 0.778 bits per heavy atom. The van der Waals surface area contributed by atoms with Crippen LogP contribution in [0.2, 0.25) is 0 Å². The van der Waals surface area contributed by atoms with Crippen LogP contribution in [0.4, 0.5) is 0 Å². The molecule has 0 spiro atoms. The SMILES string of the molecule is CSCC[C@@H](NC(=O)[C@@H](NC(=O)[C@@H](NC(=O)CC(=O)N(O)C/C=C(\C)CC/C=C(\C)CCC=C(C)C)C(C)C)C(C)C)C(=O)O. The first-order valence-corrected chi connectivity index (χ1v) is 16.9. The van der Waals surface area contributed by atoms with Crippen molar-refractivity contribution in [3.8, 4) is 0 Å². The number of nitrogens with one attached hydrogen (secondary N) is 3. The van der Waals surface area contributed by atoms with Gasteiger partial charge in [-0.25, -0.2) is 9.86 Å². The molecule has 0 aromatic carbocycles. The van der Waals surface area contributed by atoms with Gasteiger partial charge in [0.2, 0.25) is 17.7 Å². The third-order valence-corrected chi connectivity index (χ3v) is 7.72. The minimum atomic E-state index is -1.17. The highest BCUT2D eigenvalue weighted by atomic mass is 32.2. The van der Waals surface area contributed by atoms with Crippen molar-refractivity contribution < 1.29 is 34.3 Å². The van der Waals surface area contributed by atoms with E-state index in [-0.39, 0.29) is 18.9 Å². The molecule has 12 heteroatoms. The first kappa shape index (κ1) is 41.9. The normalized spacial score (nSPS) is 14.0. The largest absolute Gasteiger partial charge is 0.480 e. The first-order chi connectivity index (χ1) is 21.0. The van der Waals surface area contributed by atoms with Crippen molar-refractivity contribution in [2.45, 2.75) is 112 Å². The number of thioether (sulfide) groups is 1. The van der Waals surface area contributed by atoms with E-state index in [4.69, 9.17) is 0 Å². The number of carbonyl (C=O) groups is 5. The molecule has 0 radical (unpaired) electrons. The minimum Gasteiger partial charge on any atom is -0.480 e. The van der Waals surface area contributed by atoms with E-state index >= 15 is 0 Å². The van der Waals surface area contributed by atoms with E-state index in [1.807, 2.05) is 13.2 Å². The summed E-state index contributed by atoms with van der Waals surface area (Å²) >= 11 is 1.45. The maximum absolute atomic E-state index is 13.2. The molecule has 0 fully saturated rings. The van der Waals surface area contributed by atoms with Gasteiger partial charge in [0.25, 0.3) is 5.91 Å². The summed E-state index contributed by atoms with van der Waals surface area (Å²) in [5.74, 6) is -4.26. The van der Waals surface area contributed by atoms with Crippen molar-refractivity contribution in [3.63, 3.8) is 0 Å². The third-order valence-electron chi connectivity index (χ3n) is 7.07.